The van der Waals surface area contributed by atoms with E-state index in [4.69, 9.17) is 11.6 Å². The van der Waals surface area contributed by atoms with Crippen LogP contribution in [0.25, 0.3) is 6.08 Å². The molecule has 0 aliphatic rings. The lowest BCUT2D eigenvalue weighted by molar-refractivity contribution is -0.494. The molecule has 0 atom stereocenters. The number of hydrogen-bond donors (Lipinski definition) is 1. The molecule has 2 N–H and O–H groups in total. The average Bonchev–Trinajstić information content (AvgIpc) is 2.26. The zero-order chi connectivity index (χ0) is 13.1. The number of primary amides is 1. The predicted molar refractivity (Wildman–Crippen MR) is 55.8 cm³/mol. The first kappa shape index (κ1) is 13.7. The maximum absolute atomic E-state index is 12.5. The van der Waals surface area contributed by atoms with Gasteiger partial charge in [0.1, 0.15) is 0 Å². The Balaban J connectivity index is 3.05. The second kappa shape index (κ2) is 5.31. The van der Waals surface area contributed by atoms with Crippen LogP contribution in [0.2, 0.25) is 5.02 Å². The fourth-order valence-corrected chi connectivity index (χ4v) is 1.31. The normalized spacial score (nSPS) is 12.1. The van der Waals surface area contributed by atoms with Gasteiger partial charge in [0.2, 0.25) is 0 Å². The summed E-state index contributed by atoms with van der Waals surface area (Å²) in [5.74, 6) is -0.825. The lowest BCUT2D eigenvalue weighted by atomic mass is 10.1. The van der Waals surface area contributed by atoms with Crippen molar-refractivity contribution in [3.63, 3.8) is 0 Å². The van der Waals surface area contributed by atoms with Gasteiger partial charge in [0.05, 0.1) is 10.6 Å². The van der Waals surface area contributed by atoms with Crippen molar-refractivity contribution in [2.24, 2.45) is 0 Å². The highest BCUT2D eigenvalue weighted by Gasteiger charge is 2.33. The highest BCUT2D eigenvalue weighted by Crippen LogP contribution is 2.35. The molecule has 7 heteroatoms. The van der Waals surface area contributed by atoms with Crippen molar-refractivity contribution in [2.75, 3.05) is 0 Å². The number of amides is 1. The third-order valence-corrected chi connectivity index (χ3v) is 2.18. The van der Waals surface area contributed by atoms with Crippen molar-refractivity contribution >= 4 is 23.6 Å². The van der Waals surface area contributed by atoms with Crippen LogP contribution in [-0.2, 0) is 11.0 Å². The summed E-state index contributed by atoms with van der Waals surface area (Å²) in [6, 6.07) is 3.19. The quantitative estimate of drug-likeness (QED) is 0.656. The van der Waals surface area contributed by atoms with Gasteiger partial charge in [-0.15, -0.1) is 0 Å². The molecule has 17 heavy (non-hydrogen) atoms. The number of nitrogens with two attached hydrogens (primary N) is 1. The standard InChI is InChI=1S/C10H7ClF3NO2/c11-8-3-1-6(2-4-9(16)15-17)5-7(8)10(12,13)14/h1-5H,15H2. The first-order valence-corrected chi connectivity index (χ1v) is 4.76. The van der Waals surface area contributed by atoms with Gasteiger partial charge in [-0.3, -0.25) is 0 Å². The van der Waals surface area contributed by atoms with Gasteiger partial charge in [0, 0.05) is 6.08 Å². The number of hydroxylamine groups is 1. The first-order valence-electron chi connectivity index (χ1n) is 4.38. The van der Waals surface area contributed by atoms with Crippen molar-refractivity contribution < 1.29 is 23.4 Å². The van der Waals surface area contributed by atoms with Crippen LogP contribution >= 0.6 is 11.6 Å². The molecule has 0 bridgehead atoms. The van der Waals surface area contributed by atoms with E-state index in [0.717, 1.165) is 24.3 Å². The Morgan fingerprint density at radius 2 is 2.06 bits per heavy atom. The molecular weight excluding hydrogens is 259 g/mol. The van der Waals surface area contributed by atoms with E-state index in [9.17, 15) is 23.2 Å². The van der Waals surface area contributed by atoms with Crippen molar-refractivity contribution in [1.29, 1.82) is 0 Å². The van der Waals surface area contributed by atoms with E-state index in [2.05, 4.69) is 0 Å². The molecule has 0 heterocycles. The molecule has 0 spiro atoms. The number of benzene rings is 1. The molecule has 0 aromatic heterocycles. The van der Waals surface area contributed by atoms with Crippen LogP contribution in [0.5, 0.6) is 0 Å². The number of halogens is 4. The van der Waals surface area contributed by atoms with E-state index < -0.39 is 22.7 Å². The molecule has 0 saturated carbocycles. The lowest BCUT2D eigenvalue weighted by Gasteiger charge is -2.09. The van der Waals surface area contributed by atoms with Crippen LogP contribution < -0.4 is 5.48 Å². The number of carbonyl (C=O) groups excluding carboxylic acids is 1. The van der Waals surface area contributed by atoms with E-state index in [-0.39, 0.29) is 11.0 Å². The second-order valence-corrected chi connectivity index (χ2v) is 3.50. The number of hydrogen-bond acceptors (Lipinski definition) is 2. The van der Waals surface area contributed by atoms with Crippen molar-refractivity contribution in [2.45, 2.75) is 6.18 Å². The van der Waals surface area contributed by atoms with Gasteiger partial charge in [-0.1, -0.05) is 17.7 Å². The summed E-state index contributed by atoms with van der Waals surface area (Å²) in [5, 5.41) is 9.58. The van der Waals surface area contributed by atoms with Gasteiger partial charge in [-0.25, -0.2) is 4.79 Å². The molecule has 1 amide bonds. The molecule has 1 rings (SSSR count). The third-order valence-electron chi connectivity index (χ3n) is 1.85. The highest BCUT2D eigenvalue weighted by molar-refractivity contribution is 6.31. The zero-order valence-electron chi connectivity index (χ0n) is 8.29. The van der Waals surface area contributed by atoms with Crippen LogP contribution in [0.4, 0.5) is 13.2 Å². The molecule has 0 aliphatic carbocycles. The third kappa shape index (κ3) is 3.85. The van der Waals surface area contributed by atoms with Crippen molar-refractivity contribution in [1.82, 2.24) is 0 Å². The largest absolute Gasteiger partial charge is 0.628 e. The van der Waals surface area contributed by atoms with Crippen LogP contribution in [-0.4, -0.2) is 5.91 Å². The summed E-state index contributed by atoms with van der Waals surface area (Å²) < 4.78 is 37.4. The number of alkyl halides is 3. The predicted octanol–water partition coefficient (Wildman–Crippen LogP) is 1.96. The summed E-state index contributed by atoms with van der Waals surface area (Å²) >= 11 is 5.40. The van der Waals surface area contributed by atoms with E-state index in [1.165, 1.54) is 6.07 Å². The van der Waals surface area contributed by atoms with Gasteiger partial charge in [0.15, 0.2) is 0 Å². The minimum atomic E-state index is -4.56. The molecule has 0 aliphatic heterocycles. The van der Waals surface area contributed by atoms with Crippen LogP contribution in [0, 0.1) is 5.21 Å². The number of quaternary nitrogens is 1. The Hall–Kier alpha value is -1.37. The molecule has 0 unspecified atom stereocenters. The summed E-state index contributed by atoms with van der Waals surface area (Å²) in [4.78, 5) is 10.6. The van der Waals surface area contributed by atoms with Crippen LogP contribution in [0.15, 0.2) is 24.3 Å². The minimum absolute atomic E-state index is 0.0666. The Bertz CT molecular complexity index is 457. The van der Waals surface area contributed by atoms with Gasteiger partial charge < -0.3 is 10.7 Å². The van der Waals surface area contributed by atoms with Crippen LogP contribution in [0.3, 0.4) is 0 Å². The van der Waals surface area contributed by atoms with Crippen molar-refractivity contribution in [3.8, 4) is 0 Å². The average molecular weight is 266 g/mol. The van der Waals surface area contributed by atoms with Gasteiger partial charge in [0.25, 0.3) is 0 Å². The second-order valence-electron chi connectivity index (χ2n) is 3.09. The molecule has 1 aromatic rings. The summed E-state index contributed by atoms with van der Waals surface area (Å²) in [7, 11) is 0. The van der Waals surface area contributed by atoms with Crippen LogP contribution in [0.1, 0.15) is 11.1 Å². The maximum atomic E-state index is 12.5. The number of rotatable bonds is 2. The maximum Gasteiger partial charge on any atom is 0.417 e. The fourth-order valence-electron chi connectivity index (χ4n) is 1.08. The Morgan fingerprint density at radius 3 is 2.59 bits per heavy atom. The first-order chi connectivity index (χ1) is 7.84. The summed E-state index contributed by atoms with van der Waals surface area (Å²) in [6.45, 7) is 0. The zero-order valence-corrected chi connectivity index (χ0v) is 9.05. The Morgan fingerprint density at radius 1 is 1.41 bits per heavy atom. The van der Waals surface area contributed by atoms with Gasteiger partial charge >= 0.3 is 12.1 Å². The van der Waals surface area contributed by atoms with E-state index >= 15 is 0 Å². The Labute approximate surface area is 99.5 Å². The van der Waals surface area contributed by atoms with E-state index in [1.54, 1.807) is 0 Å². The minimum Gasteiger partial charge on any atom is -0.628 e. The van der Waals surface area contributed by atoms with E-state index in [1.807, 2.05) is 0 Å². The highest BCUT2D eigenvalue weighted by atomic mass is 35.5. The smallest absolute Gasteiger partial charge is 0.417 e. The monoisotopic (exact) mass is 265 g/mol. The molecule has 0 fully saturated rings. The van der Waals surface area contributed by atoms with Gasteiger partial charge in [-0.2, -0.15) is 13.2 Å². The summed E-state index contributed by atoms with van der Waals surface area (Å²) in [5.41, 5.74) is -0.784. The molecular formula is C10H7ClF3NO2. The number of carbonyl (C=O) groups is 1. The molecule has 92 valence electrons. The Kier molecular flexibility index (Phi) is 4.28. The lowest BCUT2D eigenvalue weighted by Crippen LogP contribution is -2.81. The van der Waals surface area contributed by atoms with E-state index in [0.29, 0.717) is 0 Å². The molecule has 0 saturated heterocycles. The van der Waals surface area contributed by atoms with Gasteiger partial charge in [-0.05, 0) is 23.8 Å². The van der Waals surface area contributed by atoms with Crippen molar-refractivity contribution in [3.05, 3.63) is 45.6 Å². The molecule has 1 aromatic carbocycles. The summed E-state index contributed by atoms with van der Waals surface area (Å²) in [6.07, 6.45) is -2.56. The molecule has 0 radical (unpaired) electrons. The fraction of sp³-hybridized carbons (Fsp3) is 0.100. The SMILES string of the molecule is O=C(C=Cc1ccc(Cl)c(C(F)(F)F)c1)[NH2+][O-]. The topological polar surface area (TPSA) is 56.7 Å². The molecule has 3 nitrogen and oxygen atoms in total.